The fraction of sp³-hybridized carbons (Fsp3) is 0.400. The molecule has 0 saturated heterocycles. The fourth-order valence-corrected chi connectivity index (χ4v) is 3.14. The normalized spacial score (nSPS) is 12.9. The van der Waals surface area contributed by atoms with Crippen LogP contribution in [0.4, 0.5) is 4.39 Å². The highest BCUT2D eigenvalue weighted by Gasteiger charge is 2.19. The summed E-state index contributed by atoms with van der Waals surface area (Å²) in [6.07, 6.45) is 0. The highest BCUT2D eigenvalue weighted by atomic mass is 35.5. The number of benzene rings is 1. The molecule has 1 heterocycles. The first-order valence-electron chi connectivity index (χ1n) is 6.66. The number of nitrogens with zero attached hydrogens (tertiary/aromatic N) is 1. The number of nitrogens with one attached hydrogen (secondary N) is 1. The summed E-state index contributed by atoms with van der Waals surface area (Å²) in [7, 11) is 0. The van der Waals surface area contributed by atoms with E-state index in [0.717, 1.165) is 22.8 Å². The third kappa shape index (κ3) is 3.37. The van der Waals surface area contributed by atoms with Gasteiger partial charge in [-0.25, -0.2) is 9.37 Å². The highest BCUT2D eigenvalue weighted by Crippen LogP contribution is 2.29. The molecule has 0 amide bonds. The lowest BCUT2D eigenvalue weighted by Crippen LogP contribution is -2.22. The van der Waals surface area contributed by atoms with Crippen LogP contribution >= 0.6 is 22.9 Å². The van der Waals surface area contributed by atoms with Gasteiger partial charge in [0.05, 0.1) is 16.8 Å². The van der Waals surface area contributed by atoms with E-state index < -0.39 is 5.82 Å². The van der Waals surface area contributed by atoms with Crippen molar-refractivity contribution in [3.8, 4) is 0 Å². The second kappa shape index (κ2) is 6.66. The molecule has 2 aromatic rings. The SMILES string of the molecule is CCNC(c1ccc(Cl)c(F)c1)c1nc(C(C)C)cs1. The molecule has 1 atom stereocenters. The highest BCUT2D eigenvalue weighted by molar-refractivity contribution is 7.09. The Hall–Kier alpha value is -0.970. The van der Waals surface area contributed by atoms with Gasteiger partial charge in [0, 0.05) is 5.38 Å². The minimum atomic E-state index is -0.396. The van der Waals surface area contributed by atoms with Gasteiger partial charge in [-0.3, -0.25) is 0 Å². The Morgan fingerprint density at radius 2 is 2.15 bits per heavy atom. The minimum Gasteiger partial charge on any atom is -0.305 e. The number of hydrogen-bond acceptors (Lipinski definition) is 3. The summed E-state index contributed by atoms with van der Waals surface area (Å²) in [5.41, 5.74) is 1.92. The van der Waals surface area contributed by atoms with E-state index in [4.69, 9.17) is 11.6 Å². The topological polar surface area (TPSA) is 24.9 Å². The summed E-state index contributed by atoms with van der Waals surface area (Å²) in [5.74, 6) is -0.00283. The third-order valence-electron chi connectivity index (χ3n) is 3.06. The van der Waals surface area contributed by atoms with Gasteiger partial charge in [-0.05, 0) is 30.2 Å². The van der Waals surface area contributed by atoms with Crippen LogP contribution < -0.4 is 5.32 Å². The Morgan fingerprint density at radius 1 is 1.40 bits per heavy atom. The lowest BCUT2D eigenvalue weighted by atomic mass is 10.1. The monoisotopic (exact) mass is 312 g/mol. The van der Waals surface area contributed by atoms with Gasteiger partial charge < -0.3 is 5.32 Å². The molecule has 0 aliphatic rings. The second-order valence-corrected chi connectivity index (χ2v) is 6.23. The van der Waals surface area contributed by atoms with Gasteiger partial charge in [-0.2, -0.15) is 0 Å². The minimum absolute atomic E-state index is 0.0933. The van der Waals surface area contributed by atoms with Gasteiger partial charge in [-0.15, -0.1) is 11.3 Å². The molecule has 1 N–H and O–H groups in total. The maximum absolute atomic E-state index is 13.7. The molecule has 5 heteroatoms. The van der Waals surface area contributed by atoms with E-state index in [0.29, 0.717) is 5.92 Å². The van der Waals surface area contributed by atoms with Crippen LogP contribution in [0.1, 0.15) is 49.0 Å². The smallest absolute Gasteiger partial charge is 0.142 e. The lowest BCUT2D eigenvalue weighted by Gasteiger charge is -2.16. The fourth-order valence-electron chi connectivity index (χ4n) is 1.94. The number of rotatable bonds is 5. The summed E-state index contributed by atoms with van der Waals surface area (Å²) >= 11 is 7.35. The van der Waals surface area contributed by atoms with Gasteiger partial charge >= 0.3 is 0 Å². The van der Waals surface area contributed by atoms with Crippen molar-refractivity contribution in [1.82, 2.24) is 10.3 Å². The Bertz CT molecular complexity index is 583. The molecule has 0 bridgehead atoms. The Kier molecular flexibility index (Phi) is 5.13. The predicted octanol–water partition coefficient (Wildman–Crippen LogP) is 4.76. The van der Waals surface area contributed by atoms with Gasteiger partial charge in [0.1, 0.15) is 10.8 Å². The molecule has 1 aromatic heterocycles. The van der Waals surface area contributed by atoms with Crippen molar-refractivity contribution in [3.63, 3.8) is 0 Å². The first-order valence-corrected chi connectivity index (χ1v) is 7.92. The van der Waals surface area contributed by atoms with Crippen LogP contribution in [0.15, 0.2) is 23.6 Å². The van der Waals surface area contributed by atoms with E-state index in [1.54, 1.807) is 17.4 Å². The molecule has 108 valence electrons. The summed E-state index contributed by atoms with van der Waals surface area (Å²) in [6.45, 7) is 7.04. The maximum Gasteiger partial charge on any atom is 0.142 e. The third-order valence-corrected chi connectivity index (χ3v) is 4.30. The molecular weight excluding hydrogens is 295 g/mol. The van der Waals surface area contributed by atoms with E-state index in [9.17, 15) is 4.39 Å². The standard InChI is InChI=1S/C15H18ClFN2S/c1-4-18-14(10-5-6-11(16)12(17)7-10)15-19-13(8-20-15)9(2)3/h5-9,14,18H,4H2,1-3H3. The first kappa shape index (κ1) is 15.4. The molecule has 0 spiro atoms. The summed E-state index contributed by atoms with van der Waals surface area (Å²) in [6, 6.07) is 4.82. The number of thiazole rings is 1. The molecule has 1 aromatic carbocycles. The van der Waals surface area contributed by atoms with Gasteiger partial charge in [0.25, 0.3) is 0 Å². The van der Waals surface area contributed by atoms with Crippen molar-refractivity contribution in [1.29, 1.82) is 0 Å². The van der Waals surface area contributed by atoms with Crippen molar-refractivity contribution in [2.75, 3.05) is 6.54 Å². The first-order chi connectivity index (χ1) is 9.52. The Labute approximate surface area is 128 Å². The van der Waals surface area contributed by atoms with E-state index in [2.05, 4.69) is 29.5 Å². The van der Waals surface area contributed by atoms with Gasteiger partial charge in [0.15, 0.2) is 0 Å². The molecular formula is C15H18ClFN2S. The van der Waals surface area contributed by atoms with Crippen LogP contribution in [-0.2, 0) is 0 Å². The molecule has 0 radical (unpaired) electrons. The summed E-state index contributed by atoms with van der Waals surface area (Å²) in [5, 5.41) is 6.52. The van der Waals surface area contributed by atoms with Crippen molar-refractivity contribution in [2.24, 2.45) is 0 Å². The second-order valence-electron chi connectivity index (χ2n) is 4.93. The molecule has 2 nitrogen and oxygen atoms in total. The molecule has 1 unspecified atom stereocenters. The van der Waals surface area contributed by atoms with Crippen LogP contribution in [0, 0.1) is 5.82 Å². The largest absolute Gasteiger partial charge is 0.305 e. The molecule has 0 saturated carbocycles. The van der Waals surface area contributed by atoms with Crippen LogP contribution in [0.2, 0.25) is 5.02 Å². The van der Waals surface area contributed by atoms with Crippen molar-refractivity contribution >= 4 is 22.9 Å². The average molecular weight is 313 g/mol. The number of aromatic nitrogens is 1. The lowest BCUT2D eigenvalue weighted by molar-refractivity contribution is 0.600. The molecule has 0 aliphatic heterocycles. The summed E-state index contributed by atoms with van der Waals surface area (Å²) in [4.78, 5) is 4.66. The van der Waals surface area contributed by atoms with Gasteiger partial charge in [0.2, 0.25) is 0 Å². The molecule has 0 fully saturated rings. The van der Waals surface area contributed by atoms with Crippen LogP contribution in [0.5, 0.6) is 0 Å². The maximum atomic E-state index is 13.7. The number of hydrogen-bond donors (Lipinski definition) is 1. The van der Waals surface area contributed by atoms with Gasteiger partial charge in [-0.1, -0.05) is 38.4 Å². The van der Waals surface area contributed by atoms with Crippen LogP contribution in [0.25, 0.3) is 0 Å². The zero-order valence-corrected chi connectivity index (χ0v) is 13.4. The van der Waals surface area contributed by atoms with Crippen LogP contribution in [0.3, 0.4) is 0 Å². The van der Waals surface area contributed by atoms with E-state index in [1.807, 2.05) is 13.0 Å². The number of halogens is 2. The predicted molar refractivity (Wildman–Crippen MR) is 83.1 cm³/mol. The Balaban J connectivity index is 2.36. The van der Waals surface area contributed by atoms with Crippen molar-refractivity contribution in [3.05, 3.63) is 50.7 Å². The average Bonchev–Trinajstić information content (AvgIpc) is 2.89. The zero-order valence-electron chi connectivity index (χ0n) is 11.8. The Morgan fingerprint density at radius 3 is 2.70 bits per heavy atom. The van der Waals surface area contributed by atoms with E-state index in [1.165, 1.54) is 6.07 Å². The molecule has 20 heavy (non-hydrogen) atoms. The summed E-state index contributed by atoms with van der Waals surface area (Å²) < 4.78 is 13.7. The van der Waals surface area contributed by atoms with E-state index >= 15 is 0 Å². The molecule has 0 aliphatic carbocycles. The zero-order chi connectivity index (χ0) is 14.7. The van der Waals surface area contributed by atoms with Crippen LogP contribution in [-0.4, -0.2) is 11.5 Å². The quantitative estimate of drug-likeness (QED) is 0.861. The molecule has 2 rings (SSSR count). The van der Waals surface area contributed by atoms with E-state index in [-0.39, 0.29) is 11.1 Å². The van der Waals surface area contributed by atoms with Crippen molar-refractivity contribution < 1.29 is 4.39 Å². The van der Waals surface area contributed by atoms with Crippen molar-refractivity contribution in [2.45, 2.75) is 32.7 Å².